The Hall–Kier alpha value is -2.44. The van der Waals surface area contributed by atoms with E-state index in [-0.39, 0.29) is 12.5 Å². The molecule has 1 aromatic carbocycles. The number of rotatable bonds is 3. The van der Waals surface area contributed by atoms with Gasteiger partial charge in [0.15, 0.2) is 0 Å². The average Bonchev–Trinajstić information content (AvgIpc) is 2.63. The summed E-state index contributed by atoms with van der Waals surface area (Å²) in [4.78, 5) is 38.3. The Morgan fingerprint density at radius 3 is 2.38 bits per heavy atom. The van der Waals surface area contributed by atoms with Gasteiger partial charge in [0.05, 0.1) is 0 Å². The number of nitrogens with one attached hydrogen (secondary N) is 1. The van der Waals surface area contributed by atoms with Crippen molar-refractivity contribution >= 4 is 17.8 Å². The predicted octanol–water partition coefficient (Wildman–Crippen LogP) is 0.681. The highest BCUT2D eigenvalue weighted by Crippen LogP contribution is 2.28. The molecule has 21 heavy (non-hydrogen) atoms. The molecule has 1 fully saturated rings. The number of carbonyl (C=O) groups excluding carboxylic acids is 3. The maximum atomic E-state index is 13.0. The Morgan fingerprint density at radius 2 is 1.86 bits per heavy atom. The highest BCUT2D eigenvalue weighted by atomic mass is 19.1. The molecule has 0 radical (unpaired) electrons. The van der Waals surface area contributed by atoms with Crippen molar-refractivity contribution in [3.8, 4) is 0 Å². The molecule has 1 atom stereocenters. The molecule has 112 valence electrons. The predicted molar refractivity (Wildman–Crippen MR) is 72.7 cm³/mol. The molecule has 1 aliphatic heterocycles. The van der Waals surface area contributed by atoms with Gasteiger partial charge in [-0.2, -0.15) is 0 Å². The van der Waals surface area contributed by atoms with Gasteiger partial charge in [-0.25, -0.2) is 9.18 Å². The van der Waals surface area contributed by atoms with E-state index in [1.54, 1.807) is 14.1 Å². The SMILES string of the molecule is CN(C)C(=O)CN1C(=O)NC(C)(c2ccc(F)cc2)C1=O. The molecule has 1 aromatic rings. The van der Waals surface area contributed by atoms with Crippen molar-refractivity contribution in [3.63, 3.8) is 0 Å². The van der Waals surface area contributed by atoms with Crippen molar-refractivity contribution in [1.29, 1.82) is 0 Å². The zero-order valence-corrected chi connectivity index (χ0v) is 12.0. The van der Waals surface area contributed by atoms with Gasteiger partial charge in [-0.15, -0.1) is 0 Å². The molecule has 1 aliphatic rings. The number of likely N-dealkylation sites (N-methyl/N-ethyl adjacent to an activating group) is 1. The van der Waals surface area contributed by atoms with Crippen LogP contribution in [0, 0.1) is 5.82 Å². The van der Waals surface area contributed by atoms with Gasteiger partial charge in [0, 0.05) is 14.1 Å². The number of nitrogens with zero attached hydrogens (tertiary/aromatic N) is 2. The molecule has 0 aliphatic carbocycles. The Morgan fingerprint density at radius 1 is 1.29 bits per heavy atom. The van der Waals surface area contributed by atoms with Gasteiger partial charge in [0.1, 0.15) is 17.9 Å². The van der Waals surface area contributed by atoms with Gasteiger partial charge in [0.2, 0.25) is 5.91 Å². The van der Waals surface area contributed by atoms with Gasteiger partial charge in [-0.3, -0.25) is 14.5 Å². The molecule has 4 amide bonds. The van der Waals surface area contributed by atoms with Gasteiger partial charge in [-0.1, -0.05) is 12.1 Å². The lowest BCUT2D eigenvalue weighted by Crippen LogP contribution is -2.43. The Bertz CT molecular complexity index is 600. The van der Waals surface area contributed by atoms with Crippen molar-refractivity contribution in [1.82, 2.24) is 15.1 Å². The minimum atomic E-state index is -1.29. The summed E-state index contributed by atoms with van der Waals surface area (Å²) in [5, 5.41) is 2.55. The molecule has 1 N–H and O–H groups in total. The molecule has 0 aromatic heterocycles. The molecule has 2 rings (SSSR count). The fourth-order valence-corrected chi connectivity index (χ4v) is 2.10. The van der Waals surface area contributed by atoms with Crippen LogP contribution in [0.2, 0.25) is 0 Å². The van der Waals surface area contributed by atoms with Crippen LogP contribution in [0.15, 0.2) is 24.3 Å². The van der Waals surface area contributed by atoms with E-state index in [0.717, 1.165) is 4.90 Å². The van der Waals surface area contributed by atoms with Crippen LogP contribution in [0.3, 0.4) is 0 Å². The number of amides is 4. The van der Waals surface area contributed by atoms with Crippen LogP contribution in [0.4, 0.5) is 9.18 Å². The van der Waals surface area contributed by atoms with Crippen LogP contribution < -0.4 is 5.32 Å². The van der Waals surface area contributed by atoms with Gasteiger partial charge < -0.3 is 10.2 Å². The minimum absolute atomic E-state index is 0.325. The van der Waals surface area contributed by atoms with Crippen LogP contribution in [0.1, 0.15) is 12.5 Å². The Kier molecular flexibility index (Phi) is 3.67. The second-order valence-corrected chi connectivity index (χ2v) is 5.24. The topological polar surface area (TPSA) is 69.7 Å². The van der Waals surface area contributed by atoms with Crippen LogP contribution in [0.5, 0.6) is 0 Å². The molecule has 1 saturated heterocycles. The third-order valence-corrected chi connectivity index (χ3v) is 3.49. The van der Waals surface area contributed by atoms with E-state index in [2.05, 4.69) is 5.32 Å². The number of halogens is 1. The summed E-state index contributed by atoms with van der Waals surface area (Å²) in [7, 11) is 3.08. The zero-order chi connectivity index (χ0) is 15.8. The molecule has 0 spiro atoms. The molecule has 0 saturated carbocycles. The first-order valence-electron chi connectivity index (χ1n) is 6.36. The first-order chi connectivity index (χ1) is 9.75. The van der Waals surface area contributed by atoms with Crippen LogP contribution >= 0.6 is 0 Å². The van der Waals surface area contributed by atoms with E-state index in [1.807, 2.05) is 0 Å². The van der Waals surface area contributed by atoms with Crippen molar-refractivity contribution < 1.29 is 18.8 Å². The van der Waals surface area contributed by atoms with Crippen LogP contribution in [-0.4, -0.2) is 48.3 Å². The number of carbonyl (C=O) groups is 3. The zero-order valence-electron chi connectivity index (χ0n) is 12.0. The second-order valence-electron chi connectivity index (χ2n) is 5.24. The highest BCUT2D eigenvalue weighted by Gasteiger charge is 2.49. The molecular weight excluding hydrogens is 277 g/mol. The first kappa shape index (κ1) is 15.0. The highest BCUT2D eigenvalue weighted by molar-refractivity contribution is 6.09. The molecule has 6 nitrogen and oxygen atoms in total. The van der Waals surface area contributed by atoms with E-state index >= 15 is 0 Å². The number of hydrogen-bond acceptors (Lipinski definition) is 3. The third-order valence-electron chi connectivity index (χ3n) is 3.49. The summed E-state index contributed by atoms with van der Waals surface area (Å²) in [6.45, 7) is 1.20. The number of benzene rings is 1. The summed E-state index contributed by atoms with van der Waals surface area (Å²) in [6.07, 6.45) is 0. The first-order valence-corrected chi connectivity index (χ1v) is 6.36. The summed E-state index contributed by atoms with van der Waals surface area (Å²) in [6, 6.07) is 4.67. The number of imide groups is 1. The summed E-state index contributed by atoms with van der Waals surface area (Å²) in [5.41, 5.74) is -0.834. The normalized spacial score (nSPS) is 21.4. The second kappa shape index (κ2) is 5.16. The Balaban J connectivity index is 2.28. The molecule has 1 heterocycles. The van der Waals surface area contributed by atoms with E-state index < -0.39 is 23.3 Å². The van der Waals surface area contributed by atoms with Crippen molar-refractivity contribution in [3.05, 3.63) is 35.6 Å². The maximum absolute atomic E-state index is 13.0. The number of urea groups is 1. The lowest BCUT2D eigenvalue weighted by atomic mass is 9.92. The van der Waals surface area contributed by atoms with Gasteiger partial charge in [0.25, 0.3) is 5.91 Å². The van der Waals surface area contributed by atoms with E-state index in [1.165, 1.54) is 36.1 Å². The Labute approximate surface area is 121 Å². The molecule has 0 bridgehead atoms. The molecule has 7 heteroatoms. The molecule has 1 unspecified atom stereocenters. The van der Waals surface area contributed by atoms with Crippen molar-refractivity contribution in [2.24, 2.45) is 0 Å². The summed E-state index contributed by atoms with van der Waals surface area (Å²) in [5.74, 6) is -1.32. The van der Waals surface area contributed by atoms with E-state index in [0.29, 0.717) is 5.56 Å². The van der Waals surface area contributed by atoms with Crippen molar-refractivity contribution in [2.45, 2.75) is 12.5 Å². The quantitative estimate of drug-likeness (QED) is 0.833. The number of hydrogen-bond donors (Lipinski definition) is 1. The van der Waals surface area contributed by atoms with E-state index in [9.17, 15) is 18.8 Å². The monoisotopic (exact) mass is 293 g/mol. The van der Waals surface area contributed by atoms with Crippen LogP contribution in [0.25, 0.3) is 0 Å². The molecular formula is C14H16FN3O3. The average molecular weight is 293 g/mol. The van der Waals surface area contributed by atoms with Crippen molar-refractivity contribution in [2.75, 3.05) is 20.6 Å². The minimum Gasteiger partial charge on any atom is -0.347 e. The summed E-state index contributed by atoms with van der Waals surface area (Å²) < 4.78 is 13.0. The smallest absolute Gasteiger partial charge is 0.325 e. The standard InChI is InChI=1S/C14H16FN3O3/c1-14(9-4-6-10(15)7-5-9)12(20)18(13(21)16-14)8-11(19)17(2)3/h4-7H,8H2,1-3H3,(H,16,21). The van der Waals surface area contributed by atoms with Crippen LogP contribution in [-0.2, 0) is 15.1 Å². The van der Waals surface area contributed by atoms with Gasteiger partial charge in [-0.05, 0) is 24.6 Å². The lowest BCUT2D eigenvalue weighted by Gasteiger charge is -2.22. The van der Waals surface area contributed by atoms with Gasteiger partial charge >= 0.3 is 6.03 Å². The fraction of sp³-hybridized carbons (Fsp3) is 0.357. The maximum Gasteiger partial charge on any atom is 0.325 e. The third kappa shape index (κ3) is 2.58. The summed E-state index contributed by atoms with van der Waals surface area (Å²) >= 11 is 0. The lowest BCUT2D eigenvalue weighted by molar-refractivity contribution is -0.137. The fourth-order valence-electron chi connectivity index (χ4n) is 2.10. The largest absolute Gasteiger partial charge is 0.347 e. The van der Waals surface area contributed by atoms with E-state index in [4.69, 9.17) is 0 Å².